The van der Waals surface area contributed by atoms with Crippen molar-refractivity contribution in [2.45, 2.75) is 19.9 Å². The maximum atomic E-state index is 11.5. The summed E-state index contributed by atoms with van der Waals surface area (Å²) in [5.41, 5.74) is 0. The quantitative estimate of drug-likeness (QED) is 0.650. The van der Waals surface area contributed by atoms with Gasteiger partial charge in [-0.1, -0.05) is 0 Å². The van der Waals surface area contributed by atoms with Gasteiger partial charge in [-0.05, 0) is 20.9 Å². The zero-order valence-electron chi connectivity index (χ0n) is 11.3. The molecule has 0 aromatic heterocycles. The van der Waals surface area contributed by atoms with E-state index in [1.54, 1.807) is 0 Å². The van der Waals surface area contributed by atoms with Gasteiger partial charge in [0.15, 0.2) is 0 Å². The molecule has 0 bridgehead atoms. The van der Waals surface area contributed by atoms with Crippen LogP contribution < -0.4 is 10.6 Å². The SMILES string of the molecule is CCNC(=O)C(C)NCCN1CCN(C)CC1. The van der Waals surface area contributed by atoms with Crippen molar-refractivity contribution in [2.75, 3.05) is 52.9 Å². The number of hydrogen-bond donors (Lipinski definition) is 2. The third-order valence-corrected chi connectivity index (χ3v) is 3.22. The van der Waals surface area contributed by atoms with E-state index in [9.17, 15) is 4.79 Å². The third-order valence-electron chi connectivity index (χ3n) is 3.22. The predicted molar refractivity (Wildman–Crippen MR) is 70.1 cm³/mol. The molecule has 1 aliphatic rings. The lowest BCUT2D eigenvalue weighted by Gasteiger charge is -2.32. The summed E-state index contributed by atoms with van der Waals surface area (Å²) in [6.07, 6.45) is 0. The Kier molecular flexibility index (Phi) is 6.47. The molecule has 17 heavy (non-hydrogen) atoms. The minimum Gasteiger partial charge on any atom is -0.355 e. The van der Waals surface area contributed by atoms with E-state index >= 15 is 0 Å². The smallest absolute Gasteiger partial charge is 0.236 e. The number of nitrogens with one attached hydrogen (secondary N) is 2. The van der Waals surface area contributed by atoms with E-state index in [1.807, 2.05) is 13.8 Å². The fraction of sp³-hybridized carbons (Fsp3) is 0.917. The van der Waals surface area contributed by atoms with E-state index in [2.05, 4.69) is 27.5 Å². The Hall–Kier alpha value is -0.650. The topological polar surface area (TPSA) is 47.6 Å². The van der Waals surface area contributed by atoms with Crippen LogP contribution in [0.1, 0.15) is 13.8 Å². The third kappa shape index (κ3) is 5.48. The normalized spacial score (nSPS) is 20.2. The van der Waals surface area contributed by atoms with Crippen LogP contribution in [0.15, 0.2) is 0 Å². The first-order chi connectivity index (χ1) is 8.13. The first-order valence-electron chi connectivity index (χ1n) is 6.55. The molecule has 1 unspecified atom stereocenters. The lowest BCUT2D eigenvalue weighted by molar-refractivity contribution is -0.122. The fourth-order valence-electron chi connectivity index (χ4n) is 1.93. The molecule has 5 heteroatoms. The van der Waals surface area contributed by atoms with Gasteiger partial charge in [0, 0.05) is 45.8 Å². The van der Waals surface area contributed by atoms with E-state index in [-0.39, 0.29) is 11.9 Å². The van der Waals surface area contributed by atoms with Crippen molar-refractivity contribution >= 4 is 5.91 Å². The number of piperazine rings is 1. The average Bonchev–Trinajstić information content (AvgIpc) is 2.32. The summed E-state index contributed by atoms with van der Waals surface area (Å²) in [4.78, 5) is 16.3. The van der Waals surface area contributed by atoms with Gasteiger partial charge in [-0.25, -0.2) is 0 Å². The minimum atomic E-state index is -0.0950. The summed E-state index contributed by atoms with van der Waals surface area (Å²) in [6.45, 7) is 11.0. The van der Waals surface area contributed by atoms with Gasteiger partial charge >= 0.3 is 0 Å². The molecule has 0 aromatic rings. The van der Waals surface area contributed by atoms with Crippen LogP contribution >= 0.6 is 0 Å². The monoisotopic (exact) mass is 242 g/mol. The lowest BCUT2D eigenvalue weighted by Crippen LogP contribution is -2.49. The Morgan fingerprint density at radius 3 is 2.53 bits per heavy atom. The second kappa shape index (κ2) is 7.63. The molecule has 1 aliphatic heterocycles. The lowest BCUT2D eigenvalue weighted by atomic mass is 10.3. The molecule has 1 heterocycles. The first kappa shape index (κ1) is 14.4. The van der Waals surface area contributed by atoms with Crippen LogP contribution in [-0.4, -0.2) is 74.6 Å². The number of nitrogens with zero attached hydrogens (tertiary/aromatic N) is 2. The van der Waals surface area contributed by atoms with Crippen LogP contribution in [0.2, 0.25) is 0 Å². The van der Waals surface area contributed by atoms with Gasteiger partial charge in [0.25, 0.3) is 0 Å². The second-order valence-electron chi connectivity index (χ2n) is 4.72. The summed E-state index contributed by atoms with van der Waals surface area (Å²) < 4.78 is 0. The highest BCUT2D eigenvalue weighted by Gasteiger charge is 2.14. The Labute approximate surface area is 105 Å². The van der Waals surface area contributed by atoms with Gasteiger partial charge in [0.05, 0.1) is 6.04 Å². The van der Waals surface area contributed by atoms with Crippen molar-refractivity contribution in [3.05, 3.63) is 0 Å². The Bertz CT molecular complexity index is 227. The summed E-state index contributed by atoms with van der Waals surface area (Å²) >= 11 is 0. The highest BCUT2D eigenvalue weighted by Crippen LogP contribution is 1.97. The predicted octanol–water partition coefficient (Wildman–Crippen LogP) is -0.652. The molecule has 5 nitrogen and oxygen atoms in total. The Morgan fingerprint density at radius 1 is 1.29 bits per heavy atom. The first-order valence-corrected chi connectivity index (χ1v) is 6.55. The highest BCUT2D eigenvalue weighted by atomic mass is 16.2. The second-order valence-corrected chi connectivity index (χ2v) is 4.72. The van der Waals surface area contributed by atoms with E-state index in [1.165, 1.54) is 0 Å². The zero-order valence-corrected chi connectivity index (χ0v) is 11.3. The summed E-state index contributed by atoms with van der Waals surface area (Å²) in [7, 11) is 2.16. The molecule has 100 valence electrons. The summed E-state index contributed by atoms with van der Waals surface area (Å²) in [5.74, 6) is 0.0888. The van der Waals surface area contributed by atoms with Crippen LogP contribution in [0.5, 0.6) is 0 Å². The van der Waals surface area contributed by atoms with E-state index in [0.717, 1.165) is 39.3 Å². The number of rotatable bonds is 6. The van der Waals surface area contributed by atoms with Gasteiger partial charge < -0.3 is 15.5 Å². The van der Waals surface area contributed by atoms with Crippen molar-refractivity contribution in [1.29, 1.82) is 0 Å². The number of likely N-dealkylation sites (N-methyl/N-ethyl adjacent to an activating group) is 2. The number of hydrogen-bond acceptors (Lipinski definition) is 4. The van der Waals surface area contributed by atoms with Crippen LogP contribution in [0.25, 0.3) is 0 Å². The van der Waals surface area contributed by atoms with Crippen molar-refractivity contribution in [3.8, 4) is 0 Å². The molecular formula is C12H26N4O. The molecule has 0 spiro atoms. The van der Waals surface area contributed by atoms with Crippen LogP contribution in [-0.2, 0) is 4.79 Å². The van der Waals surface area contributed by atoms with Crippen LogP contribution in [0.3, 0.4) is 0 Å². The maximum absolute atomic E-state index is 11.5. The Balaban J connectivity index is 2.09. The van der Waals surface area contributed by atoms with E-state index < -0.39 is 0 Å². The Morgan fingerprint density at radius 2 is 1.94 bits per heavy atom. The molecule has 1 atom stereocenters. The van der Waals surface area contributed by atoms with Crippen molar-refractivity contribution in [3.63, 3.8) is 0 Å². The largest absolute Gasteiger partial charge is 0.355 e. The standard InChI is InChI=1S/C12H26N4O/c1-4-13-12(17)11(2)14-5-6-16-9-7-15(3)8-10-16/h11,14H,4-10H2,1-3H3,(H,13,17). The number of carbonyl (C=O) groups excluding carboxylic acids is 1. The molecular weight excluding hydrogens is 216 g/mol. The van der Waals surface area contributed by atoms with Crippen LogP contribution in [0, 0.1) is 0 Å². The van der Waals surface area contributed by atoms with Gasteiger partial charge in [0.2, 0.25) is 5.91 Å². The molecule has 1 rings (SSSR count). The van der Waals surface area contributed by atoms with Gasteiger partial charge in [-0.2, -0.15) is 0 Å². The molecule has 0 saturated carbocycles. The summed E-state index contributed by atoms with van der Waals surface area (Å²) in [6, 6.07) is -0.0950. The van der Waals surface area contributed by atoms with Crippen molar-refractivity contribution < 1.29 is 4.79 Å². The maximum Gasteiger partial charge on any atom is 0.236 e. The summed E-state index contributed by atoms with van der Waals surface area (Å²) in [5, 5.41) is 6.08. The molecule has 1 saturated heterocycles. The molecule has 1 fully saturated rings. The highest BCUT2D eigenvalue weighted by molar-refractivity contribution is 5.81. The molecule has 0 aromatic carbocycles. The average molecular weight is 242 g/mol. The van der Waals surface area contributed by atoms with Gasteiger partial charge in [-0.3, -0.25) is 9.69 Å². The molecule has 1 amide bonds. The fourth-order valence-corrected chi connectivity index (χ4v) is 1.93. The molecule has 0 radical (unpaired) electrons. The zero-order chi connectivity index (χ0) is 12.7. The van der Waals surface area contributed by atoms with Gasteiger partial charge in [-0.15, -0.1) is 0 Å². The van der Waals surface area contributed by atoms with E-state index in [4.69, 9.17) is 0 Å². The van der Waals surface area contributed by atoms with Crippen LogP contribution in [0.4, 0.5) is 0 Å². The molecule has 0 aliphatic carbocycles. The van der Waals surface area contributed by atoms with E-state index in [0.29, 0.717) is 6.54 Å². The van der Waals surface area contributed by atoms with Gasteiger partial charge in [0.1, 0.15) is 0 Å². The van der Waals surface area contributed by atoms with Crippen molar-refractivity contribution in [1.82, 2.24) is 20.4 Å². The molecule has 2 N–H and O–H groups in total. The number of carbonyl (C=O) groups is 1. The number of amides is 1. The minimum absolute atomic E-state index is 0.0888. The van der Waals surface area contributed by atoms with Crippen molar-refractivity contribution in [2.24, 2.45) is 0 Å².